The molecule has 0 fully saturated rings. The number of H-pyrrole nitrogens is 1. The third kappa shape index (κ3) is 3.12. The first-order chi connectivity index (χ1) is 14.3. The van der Waals surface area contributed by atoms with Gasteiger partial charge in [-0.3, -0.25) is 4.79 Å². The van der Waals surface area contributed by atoms with Crippen molar-refractivity contribution in [2.75, 3.05) is 13.2 Å². The SMILES string of the molecule is CCOc1ccc([C@H]2c3[nH]c4ccccc4c3CCN2C(=O)c2cccs2)cc1. The average Bonchev–Trinajstić information content (AvgIpc) is 3.41. The summed E-state index contributed by atoms with van der Waals surface area (Å²) in [6.45, 7) is 3.31. The monoisotopic (exact) mass is 402 g/mol. The van der Waals surface area contributed by atoms with E-state index in [4.69, 9.17) is 4.74 Å². The molecule has 0 radical (unpaired) electrons. The van der Waals surface area contributed by atoms with Crippen molar-refractivity contribution in [2.24, 2.45) is 0 Å². The quantitative estimate of drug-likeness (QED) is 0.496. The summed E-state index contributed by atoms with van der Waals surface area (Å²) in [7, 11) is 0. The Morgan fingerprint density at radius 1 is 1.14 bits per heavy atom. The number of hydrogen-bond acceptors (Lipinski definition) is 3. The van der Waals surface area contributed by atoms with Gasteiger partial charge in [0.25, 0.3) is 5.91 Å². The molecule has 0 saturated heterocycles. The molecule has 2 aromatic heterocycles. The molecule has 0 unspecified atom stereocenters. The third-order valence-electron chi connectivity index (χ3n) is 5.53. The molecular formula is C24H22N2O2S. The summed E-state index contributed by atoms with van der Waals surface area (Å²) >= 11 is 1.50. The summed E-state index contributed by atoms with van der Waals surface area (Å²) in [4.78, 5) is 19.7. The molecule has 0 saturated carbocycles. The van der Waals surface area contributed by atoms with Crippen LogP contribution < -0.4 is 4.74 Å². The van der Waals surface area contributed by atoms with Gasteiger partial charge in [-0.05, 0) is 54.1 Å². The van der Waals surface area contributed by atoms with Gasteiger partial charge in [0.2, 0.25) is 0 Å². The first kappa shape index (κ1) is 18.0. The lowest BCUT2D eigenvalue weighted by atomic mass is 9.92. The Balaban J connectivity index is 1.63. The third-order valence-corrected chi connectivity index (χ3v) is 6.39. The van der Waals surface area contributed by atoms with Crippen molar-refractivity contribution in [3.63, 3.8) is 0 Å². The van der Waals surface area contributed by atoms with Crippen LogP contribution in [0.2, 0.25) is 0 Å². The van der Waals surface area contributed by atoms with Crippen molar-refractivity contribution in [3.05, 3.63) is 87.7 Å². The predicted octanol–water partition coefficient (Wildman–Crippen LogP) is 5.42. The Kier molecular flexibility index (Phi) is 4.60. The normalized spacial score (nSPS) is 16.0. The molecule has 2 aromatic carbocycles. The van der Waals surface area contributed by atoms with Crippen molar-refractivity contribution in [2.45, 2.75) is 19.4 Å². The van der Waals surface area contributed by atoms with Crippen molar-refractivity contribution in [1.82, 2.24) is 9.88 Å². The molecule has 5 heteroatoms. The molecule has 29 heavy (non-hydrogen) atoms. The van der Waals surface area contributed by atoms with Crippen LogP contribution in [0.15, 0.2) is 66.0 Å². The number of carbonyl (C=O) groups excluding carboxylic acids is 1. The molecule has 1 aliphatic heterocycles. The molecule has 4 aromatic rings. The topological polar surface area (TPSA) is 45.3 Å². The standard InChI is InChI=1S/C24H22N2O2S/c1-2-28-17-11-9-16(10-12-17)23-22-19(18-6-3-4-7-20(18)25-22)13-14-26(23)24(27)21-8-5-15-29-21/h3-12,15,23,25H,2,13-14H2,1H3/t23-/m0/s1. The minimum absolute atomic E-state index is 0.0863. The molecule has 1 N–H and O–H groups in total. The van der Waals surface area contributed by atoms with Gasteiger partial charge < -0.3 is 14.6 Å². The van der Waals surface area contributed by atoms with E-state index < -0.39 is 0 Å². The number of hydrogen-bond donors (Lipinski definition) is 1. The van der Waals surface area contributed by atoms with Crippen molar-refractivity contribution in [3.8, 4) is 5.75 Å². The van der Waals surface area contributed by atoms with Crippen LogP contribution in [0.25, 0.3) is 10.9 Å². The maximum absolute atomic E-state index is 13.3. The molecule has 146 valence electrons. The van der Waals surface area contributed by atoms with Crippen LogP contribution in [0, 0.1) is 0 Å². The van der Waals surface area contributed by atoms with Crippen LogP contribution in [0.1, 0.15) is 39.5 Å². The van der Waals surface area contributed by atoms with Gasteiger partial charge in [-0.25, -0.2) is 0 Å². The molecule has 0 spiro atoms. The van der Waals surface area contributed by atoms with E-state index in [9.17, 15) is 4.79 Å². The lowest BCUT2D eigenvalue weighted by Crippen LogP contribution is -2.40. The van der Waals surface area contributed by atoms with E-state index in [-0.39, 0.29) is 11.9 Å². The molecule has 3 heterocycles. The van der Waals surface area contributed by atoms with Gasteiger partial charge in [-0.15, -0.1) is 11.3 Å². The fourth-order valence-electron chi connectivity index (χ4n) is 4.26. The number of ether oxygens (including phenoxy) is 1. The smallest absolute Gasteiger partial charge is 0.264 e. The highest BCUT2D eigenvalue weighted by Gasteiger charge is 2.35. The van der Waals surface area contributed by atoms with E-state index in [1.54, 1.807) is 0 Å². The Bertz CT molecular complexity index is 1150. The summed E-state index contributed by atoms with van der Waals surface area (Å²) in [6, 6.07) is 20.2. The van der Waals surface area contributed by atoms with Crippen molar-refractivity contribution >= 4 is 28.1 Å². The van der Waals surface area contributed by atoms with Crippen molar-refractivity contribution < 1.29 is 9.53 Å². The van der Waals surface area contributed by atoms with Crippen LogP contribution in [0.4, 0.5) is 0 Å². The minimum atomic E-state index is -0.142. The Morgan fingerprint density at radius 3 is 2.72 bits per heavy atom. The average molecular weight is 403 g/mol. The second-order valence-electron chi connectivity index (χ2n) is 7.19. The Labute approximate surface area is 173 Å². The molecule has 1 aliphatic rings. The molecule has 1 amide bonds. The van der Waals surface area contributed by atoms with E-state index in [0.717, 1.165) is 33.8 Å². The van der Waals surface area contributed by atoms with Crippen LogP contribution in [-0.4, -0.2) is 28.9 Å². The number of aromatic nitrogens is 1. The minimum Gasteiger partial charge on any atom is -0.494 e. The first-order valence-electron chi connectivity index (χ1n) is 9.93. The molecule has 0 bridgehead atoms. The van der Waals surface area contributed by atoms with E-state index >= 15 is 0 Å². The van der Waals surface area contributed by atoms with Crippen molar-refractivity contribution in [1.29, 1.82) is 0 Å². The van der Waals surface area contributed by atoms with Gasteiger partial charge in [-0.2, -0.15) is 0 Å². The highest BCUT2D eigenvalue weighted by Crippen LogP contribution is 2.39. The number of nitrogens with one attached hydrogen (secondary N) is 1. The zero-order valence-electron chi connectivity index (χ0n) is 16.2. The molecule has 1 atom stereocenters. The van der Waals surface area contributed by atoms with Gasteiger partial charge in [0.1, 0.15) is 5.75 Å². The largest absolute Gasteiger partial charge is 0.494 e. The van der Waals surface area contributed by atoms with E-state index in [2.05, 4.69) is 35.3 Å². The zero-order chi connectivity index (χ0) is 19.8. The Hall–Kier alpha value is -3.05. The predicted molar refractivity (Wildman–Crippen MR) is 117 cm³/mol. The van der Waals surface area contributed by atoms with Crippen LogP contribution >= 0.6 is 11.3 Å². The Morgan fingerprint density at radius 2 is 1.97 bits per heavy atom. The maximum atomic E-state index is 13.3. The molecular weight excluding hydrogens is 380 g/mol. The van der Waals surface area contributed by atoms with Crippen LogP contribution in [0.3, 0.4) is 0 Å². The number of rotatable bonds is 4. The number of benzene rings is 2. The van der Waals surface area contributed by atoms with Crippen LogP contribution in [-0.2, 0) is 6.42 Å². The second-order valence-corrected chi connectivity index (χ2v) is 8.14. The summed E-state index contributed by atoms with van der Waals surface area (Å²) < 4.78 is 5.61. The highest BCUT2D eigenvalue weighted by atomic mass is 32.1. The number of thiophene rings is 1. The summed E-state index contributed by atoms with van der Waals surface area (Å²) in [5, 5.41) is 3.21. The van der Waals surface area contributed by atoms with E-state index in [0.29, 0.717) is 13.2 Å². The summed E-state index contributed by atoms with van der Waals surface area (Å²) in [5.41, 5.74) is 4.64. The lowest BCUT2D eigenvalue weighted by Gasteiger charge is -2.36. The molecule has 5 rings (SSSR count). The van der Waals surface area contributed by atoms with Gasteiger partial charge in [0, 0.05) is 23.1 Å². The van der Waals surface area contributed by atoms with Gasteiger partial charge in [0.15, 0.2) is 0 Å². The second kappa shape index (κ2) is 7.41. The molecule has 0 aliphatic carbocycles. The van der Waals surface area contributed by atoms with Gasteiger partial charge >= 0.3 is 0 Å². The number of carbonyl (C=O) groups is 1. The number of aromatic amines is 1. The number of fused-ring (bicyclic) bond motifs is 3. The van der Waals surface area contributed by atoms with Gasteiger partial charge in [-0.1, -0.05) is 36.4 Å². The van der Waals surface area contributed by atoms with Crippen LogP contribution in [0.5, 0.6) is 5.75 Å². The lowest BCUT2D eigenvalue weighted by molar-refractivity contribution is 0.0697. The maximum Gasteiger partial charge on any atom is 0.264 e. The fraction of sp³-hybridized carbons (Fsp3) is 0.208. The number of para-hydroxylation sites is 1. The summed E-state index contributed by atoms with van der Waals surface area (Å²) in [6.07, 6.45) is 0.851. The zero-order valence-corrected chi connectivity index (χ0v) is 17.0. The van der Waals surface area contributed by atoms with E-state index in [1.165, 1.54) is 22.3 Å². The van der Waals surface area contributed by atoms with E-state index in [1.807, 2.05) is 47.5 Å². The summed E-state index contributed by atoms with van der Waals surface area (Å²) in [5.74, 6) is 0.934. The highest BCUT2D eigenvalue weighted by molar-refractivity contribution is 7.12. The number of nitrogens with zero attached hydrogens (tertiary/aromatic N) is 1. The number of amides is 1. The fourth-order valence-corrected chi connectivity index (χ4v) is 4.94. The molecule has 4 nitrogen and oxygen atoms in total. The first-order valence-corrected chi connectivity index (χ1v) is 10.8. The van der Waals surface area contributed by atoms with Gasteiger partial charge in [0.05, 0.1) is 17.5 Å².